The summed E-state index contributed by atoms with van der Waals surface area (Å²) in [5.74, 6) is 1.34. The van der Waals surface area contributed by atoms with Gasteiger partial charge in [0, 0.05) is 41.1 Å². The Morgan fingerprint density at radius 1 is 1.60 bits per heavy atom. The average molecular weight is 248 g/mol. The summed E-state index contributed by atoms with van der Waals surface area (Å²) in [6.07, 6.45) is 2.52. The first-order valence-corrected chi connectivity index (χ1v) is 6.65. The molecule has 1 rings (SSSR count). The van der Waals surface area contributed by atoms with E-state index in [0.29, 0.717) is 29.0 Å². The van der Waals surface area contributed by atoms with E-state index < -0.39 is 10.8 Å². The van der Waals surface area contributed by atoms with E-state index in [-0.39, 0.29) is 0 Å². The monoisotopic (exact) mass is 247 g/mol. The minimum absolute atomic E-state index is 0.372. The van der Waals surface area contributed by atoms with E-state index in [2.05, 4.69) is 10.3 Å². The maximum Gasteiger partial charge on any atom is 0.133 e. The zero-order valence-corrected chi connectivity index (χ0v) is 10.1. The lowest BCUT2D eigenvalue weighted by Crippen LogP contribution is -2.07. The number of nitrogens with one attached hydrogen (secondary N) is 1. The van der Waals surface area contributed by atoms with Crippen molar-refractivity contribution in [1.29, 1.82) is 0 Å². The molecule has 0 saturated carbocycles. The van der Waals surface area contributed by atoms with Crippen LogP contribution in [0, 0.1) is 0 Å². The van der Waals surface area contributed by atoms with Gasteiger partial charge in [-0.1, -0.05) is 11.6 Å². The second kappa shape index (κ2) is 5.92. The SMILES string of the molecule is CS(=O)CCCNc1cc(N)cc(Cl)n1. The van der Waals surface area contributed by atoms with Crippen LogP contribution in [0.15, 0.2) is 12.1 Å². The van der Waals surface area contributed by atoms with Crippen molar-refractivity contribution in [1.82, 2.24) is 4.98 Å². The van der Waals surface area contributed by atoms with Gasteiger partial charge >= 0.3 is 0 Å². The fourth-order valence-corrected chi connectivity index (χ4v) is 1.87. The zero-order chi connectivity index (χ0) is 11.3. The normalized spacial score (nSPS) is 12.4. The molecule has 1 aromatic rings. The number of aromatic nitrogens is 1. The lowest BCUT2D eigenvalue weighted by Gasteiger charge is -2.05. The van der Waals surface area contributed by atoms with Crippen LogP contribution in [0.3, 0.4) is 0 Å². The topological polar surface area (TPSA) is 68.0 Å². The molecule has 0 saturated heterocycles. The van der Waals surface area contributed by atoms with Crippen LogP contribution in [-0.2, 0) is 10.8 Å². The molecule has 1 heterocycles. The Morgan fingerprint density at radius 3 is 2.93 bits per heavy atom. The number of nitrogens with two attached hydrogens (primary N) is 1. The predicted molar refractivity (Wildman–Crippen MR) is 65.7 cm³/mol. The van der Waals surface area contributed by atoms with Gasteiger partial charge in [0.2, 0.25) is 0 Å². The van der Waals surface area contributed by atoms with Gasteiger partial charge in [-0.15, -0.1) is 0 Å². The molecule has 15 heavy (non-hydrogen) atoms. The maximum absolute atomic E-state index is 10.8. The van der Waals surface area contributed by atoms with Crippen LogP contribution >= 0.6 is 11.6 Å². The van der Waals surface area contributed by atoms with Crippen molar-refractivity contribution in [2.24, 2.45) is 0 Å². The van der Waals surface area contributed by atoms with E-state index in [1.807, 2.05) is 0 Å². The van der Waals surface area contributed by atoms with E-state index in [4.69, 9.17) is 17.3 Å². The highest BCUT2D eigenvalue weighted by Crippen LogP contribution is 2.15. The molecule has 4 nitrogen and oxygen atoms in total. The van der Waals surface area contributed by atoms with Crippen molar-refractivity contribution >= 4 is 33.9 Å². The van der Waals surface area contributed by atoms with Crippen molar-refractivity contribution in [2.75, 3.05) is 29.6 Å². The van der Waals surface area contributed by atoms with E-state index >= 15 is 0 Å². The third-order valence-corrected chi connectivity index (χ3v) is 2.79. The van der Waals surface area contributed by atoms with E-state index in [9.17, 15) is 4.21 Å². The molecule has 0 fully saturated rings. The summed E-state index contributed by atoms with van der Waals surface area (Å²) in [6.45, 7) is 0.715. The maximum atomic E-state index is 10.8. The summed E-state index contributed by atoms with van der Waals surface area (Å²) in [4.78, 5) is 4.05. The molecule has 1 aromatic heterocycles. The van der Waals surface area contributed by atoms with Crippen LogP contribution in [0.1, 0.15) is 6.42 Å². The number of nitrogens with zero attached hydrogens (tertiary/aromatic N) is 1. The Hall–Kier alpha value is -0.810. The lowest BCUT2D eigenvalue weighted by molar-refractivity contribution is 0.685. The van der Waals surface area contributed by atoms with Gasteiger partial charge < -0.3 is 11.1 Å². The molecule has 6 heteroatoms. The summed E-state index contributed by atoms with van der Waals surface area (Å²) in [6, 6.07) is 3.31. The number of rotatable bonds is 5. The number of hydrogen-bond acceptors (Lipinski definition) is 4. The Bertz CT molecular complexity index is 339. The fraction of sp³-hybridized carbons (Fsp3) is 0.444. The summed E-state index contributed by atoms with van der Waals surface area (Å²) in [5, 5.41) is 3.44. The van der Waals surface area contributed by atoms with Crippen molar-refractivity contribution in [3.8, 4) is 0 Å². The van der Waals surface area contributed by atoms with Crippen molar-refractivity contribution in [2.45, 2.75) is 6.42 Å². The average Bonchev–Trinajstić information content (AvgIpc) is 2.10. The number of pyridine rings is 1. The van der Waals surface area contributed by atoms with Crippen molar-refractivity contribution in [3.05, 3.63) is 17.3 Å². The minimum Gasteiger partial charge on any atom is -0.399 e. The summed E-state index contributed by atoms with van der Waals surface area (Å²) >= 11 is 5.73. The van der Waals surface area contributed by atoms with E-state index in [0.717, 1.165) is 6.42 Å². The second-order valence-corrected chi connectivity index (χ2v) is 5.11. The highest BCUT2D eigenvalue weighted by atomic mass is 35.5. The van der Waals surface area contributed by atoms with Gasteiger partial charge in [-0.25, -0.2) is 4.98 Å². The summed E-state index contributed by atoms with van der Waals surface area (Å²) < 4.78 is 10.8. The third kappa shape index (κ3) is 4.99. The number of halogens is 1. The Morgan fingerprint density at radius 2 is 2.33 bits per heavy atom. The van der Waals surface area contributed by atoms with Crippen molar-refractivity contribution in [3.63, 3.8) is 0 Å². The molecular formula is C9H14ClN3OS. The molecule has 0 aliphatic rings. The Kier molecular flexibility index (Phi) is 4.84. The molecule has 1 unspecified atom stereocenters. The first kappa shape index (κ1) is 12.3. The molecule has 0 aliphatic carbocycles. The van der Waals surface area contributed by atoms with Crippen LogP contribution in [0.25, 0.3) is 0 Å². The standard InChI is InChI=1S/C9H14ClN3OS/c1-15(14)4-2-3-12-9-6-7(11)5-8(10)13-9/h5-6H,2-4H2,1H3,(H3,11,12,13). The van der Waals surface area contributed by atoms with Crippen LogP contribution in [0.5, 0.6) is 0 Å². The molecule has 0 radical (unpaired) electrons. The molecule has 1 atom stereocenters. The highest BCUT2D eigenvalue weighted by molar-refractivity contribution is 7.84. The highest BCUT2D eigenvalue weighted by Gasteiger charge is 1.98. The number of hydrogen-bond donors (Lipinski definition) is 2. The predicted octanol–water partition coefficient (Wildman–Crippen LogP) is 1.50. The summed E-state index contributed by atoms with van der Waals surface area (Å²) in [7, 11) is -0.743. The Labute approximate surface area is 96.7 Å². The zero-order valence-electron chi connectivity index (χ0n) is 8.50. The molecular weight excluding hydrogens is 234 g/mol. The molecule has 84 valence electrons. The minimum atomic E-state index is -0.743. The molecule has 0 bridgehead atoms. The van der Waals surface area contributed by atoms with E-state index in [1.54, 1.807) is 18.4 Å². The summed E-state index contributed by atoms with van der Waals surface area (Å²) in [5.41, 5.74) is 6.18. The van der Waals surface area contributed by atoms with E-state index in [1.165, 1.54) is 0 Å². The number of nitrogen functional groups attached to an aromatic ring is 1. The largest absolute Gasteiger partial charge is 0.399 e. The third-order valence-electron chi connectivity index (χ3n) is 1.73. The van der Waals surface area contributed by atoms with Gasteiger partial charge in [0.1, 0.15) is 11.0 Å². The smallest absolute Gasteiger partial charge is 0.133 e. The molecule has 0 aromatic carbocycles. The van der Waals surface area contributed by atoms with Gasteiger partial charge in [-0.05, 0) is 12.5 Å². The van der Waals surface area contributed by atoms with Crippen LogP contribution in [0.2, 0.25) is 5.15 Å². The first-order chi connectivity index (χ1) is 7.08. The quantitative estimate of drug-likeness (QED) is 0.611. The van der Waals surface area contributed by atoms with Gasteiger partial charge in [0.25, 0.3) is 0 Å². The second-order valence-electron chi connectivity index (χ2n) is 3.17. The van der Waals surface area contributed by atoms with Crippen molar-refractivity contribution < 1.29 is 4.21 Å². The van der Waals surface area contributed by atoms with Crippen LogP contribution in [0.4, 0.5) is 11.5 Å². The Balaban J connectivity index is 2.40. The molecule has 0 amide bonds. The van der Waals surface area contributed by atoms with Gasteiger partial charge in [-0.3, -0.25) is 4.21 Å². The van der Waals surface area contributed by atoms with Gasteiger partial charge in [0.05, 0.1) is 0 Å². The van der Waals surface area contributed by atoms with Crippen LogP contribution < -0.4 is 11.1 Å². The fourth-order valence-electron chi connectivity index (χ4n) is 1.10. The molecule has 3 N–H and O–H groups in total. The molecule has 0 spiro atoms. The van der Waals surface area contributed by atoms with Gasteiger partial charge in [0.15, 0.2) is 0 Å². The number of anilines is 2. The van der Waals surface area contributed by atoms with Crippen LogP contribution in [-0.4, -0.2) is 27.7 Å². The molecule has 0 aliphatic heterocycles. The first-order valence-electron chi connectivity index (χ1n) is 4.55. The van der Waals surface area contributed by atoms with Gasteiger partial charge in [-0.2, -0.15) is 0 Å². The lowest BCUT2D eigenvalue weighted by atomic mass is 10.4.